The maximum Gasteiger partial charge on any atom is 2.00 e. The molecule has 0 radical (unpaired) electrons. The van der Waals surface area contributed by atoms with E-state index in [1.165, 1.54) is 0 Å². The third kappa shape index (κ3) is 22.3. The Morgan fingerprint density at radius 2 is 0.800 bits per heavy atom. The van der Waals surface area contributed by atoms with Crippen LogP contribution in [0.3, 0.4) is 0 Å². The van der Waals surface area contributed by atoms with Gasteiger partial charge in [-0.1, -0.05) is 0 Å². The topological polar surface area (TPSA) is 91.5 Å². The average molecular weight is 231 g/mol. The molecule has 0 aliphatic rings. The summed E-state index contributed by atoms with van der Waals surface area (Å²) in [6.07, 6.45) is 0. The minimum absolute atomic E-state index is 0. The van der Waals surface area contributed by atoms with Crippen LogP contribution in [0.25, 0.3) is 0 Å². The van der Waals surface area contributed by atoms with E-state index >= 15 is 0 Å². The van der Waals surface area contributed by atoms with Crippen LogP contribution in [-0.4, -0.2) is 61.9 Å². The summed E-state index contributed by atoms with van der Waals surface area (Å²) in [6, 6.07) is 0. The van der Waals surface area contributed by atoms with Crippen molar-refractivity contribution in [2.24, 2.45) is 0 Å². The molecule has 0 saturated heterocycles. The molecule has 0 fully saturated rings. The van der Waals surface area contributed by atoms with E-state index in [-0.39, 0.29) is 88.1 Å². The quantitative estimate of drug-likeness (QED) is 0.471. The van der Waals surface area contributed by atoms with E-state index in [2.05, 4.69) is 0 Å². The molecule has 0 aromatic rings. The van der Waals surface area contributed by atoms with Crippen molar-refractivity contribution in [1.82, 2.24) is 0 Å². The fraction of sp³-hybridized carbons (Fsp3) is 0. The predicted octanol–water partition coefficient (Wildman–Crippen LogP) is -1.56. The van der Waals surface area contributed by atoms with Crippen LogP contribution in [0.4, 0.5) is 0 Å². The van der Waals surface area contributed by atoms with Crippen molar-refractivity contribution in [2.75, 3.05) is 0 Å². The first-order valence-electron chi connectivity index (χ1n) is 0. The molecule has 0 rings (SSSR count). The van der Waals surface area contributed by atoms with Gasteiger partial charge in [0, 0.05) is 26.2 Å². The zero-order valence-electron chi connectivity index (χ0n) is 2.60. The predicted molar refractivity (Wildman–Crippen MR) is 13.2 cm³/mol. The van der Waals surface area contributed by atoms with Crippen LogP contribution in [-0.2, 0) is 26.2 Å². The third-order valence-electron chi connectivity index (χ3n) is 0. The molecule has 5 heavy (non-hydrogen) atoms. The maximum atomic E-state index is 0. The van der Waals surface area contributed by atoms with Gasteiger partial charge in [-0.15, -0.1) is 0 Å². The largest absolute Gasteiger partial charge is 2.00 e. The van der Waals surface area contributed by atoms with Crippen LogP contribution in [0, 0.1) is 0 Å². The zero-order valence-corrected chi connectivity index (χ0v) is 8.54. The molecule has 4 N–H and O–H groups in total. The molecule has 0 aromatic carbocycles. The number of hydrogen-bond donors (Lipinski definition) is 0. The minimum atomic E-state index is 0. The Kier molecular flexibility index (Phi) is 383. The van der Waals surface area contributed by atoms with Crippen LogP contribution in [0.1, 0.15) is 0 Å². The molecule has 5 heteroatoms. The molecule has 0 unspecified atom stereocenters. The summed E-state index contributed by atoms with van der Waals surface area (Å²) in [5.74, 6) is 0. The molecule has 0 amide bonds. The summed E-state index contributed by atoms with van der Waals surface area (Å²) >= 11 is 0. The van der Waals surface area contributed by atoms with Crippen molar-refractivity contribution < 1.29 is 42.6 Å². The fourth-order valence-corrected chi connectivity index (χ4v) is 0. The molecule has 0 spiro atoms. The van der Waals surface area contributed by atoms with Gasteiger partial charge in [-0.05, 0) is 0 Å². The Morgan fingerprint density at radius 3 is 0.800 bits per heavy atom. The smallest absolute Gasteiger partial charge is 0.870 e. The van der Waals surface area contributed by atoms with Gasteiger partial charge in [0.05, 0.1) is 0 Å². The Bertz CT molecular complexity index is 6.85. The number of rotatable bonds is 0. The zero-order chi connectivity index (χ0) is 0. The van der Waals surface area contributed by atoms with Gasteiger partial charge in [0.1, 0.15) is 0 Å². The van der Waals surface area contributed by atoms with Gasteiger partial charge in [-0.25, -0.2) is 0 Å². The third-order valence-corrected chi connectivity index (χ3v) is 0. The summed E-state index contributed by atoms with van der Waals surface area (Å²) in [6.45, 7) is 0. The second kappa shape index (κ2) is 34.1. The van der Waals surface area contributed by atoms with E-state index in [4.69, 9.17) is 0 Å². The molecule has 0 aliphatic heterocycles. The number of hydrogen-bond acceptors (Lipinski definition) is 2. The Labute approximate surface area is 86.4 Å². The van der Waals surface area contributed by atoms with Crippen LogP contribution in [0.2, 0.25) is 0 Å². The molecule has 28 valence electrons. The normalized spacial score (nSPS) is 0. The minimum Gasteiger partial charge on any atom is -0.870 e. The Morgan fingerprint density at radius 1 is 0.800 bits per heavy atom. The van der Waals surface area contributed by atoms with Crippen LogP contribution < -0.4 is 0 Å². The van der Waals surface area contributed by atoms with Gasteiger partial charge >= 0.3 is 45.5 Å². The molecule has 0 bridgehead atoms. The van der Waals surface area contributed by atoms with Crippen molar-refractivity contribution >= 4 is 45.5 Å². The SMILES string of the molecule is O.[OH-].[OH-].[Sr+2].[Zr]. The molecular formula is H4O3SrZr. The molecule has 3 nitrogen and oxygen atoms in total. The summed E-state index contributed by atoms with van der Waals surface area (Å²) < 4.78 is 0. The maximum absolute atomic E-state index is 0. The second-order valence-corrected chi connectivity index (χ2v) is 0. The Balaban J connectivity index is 0. The molecular weight excluding hydrogens is 227 g/mol. The van der Waals surface area contributed by atoms with Gasteiger partial charge in [0.2, 0.25) is 0 Å². The second-order valence-electron chi connectivity index (χ2n) is 0. The first-order valence-corrected chi connectivity index (χ1v) is 0. The Hall–Kier alpha value is 2.24. The molecule has 0 aromatic heterocycles. The van der Waals surface area contributed by atoms with Gasteiger partial charge in [0.15, 0.2) is 0 Å². The van der Waals surface area contributed by atoms with Crippen molar-refractivity contribution in [3.63, 3.8) is 0 Å². The summed E-state index contributed by atoms with van der Waals surface area (Å²) in [5.41, 5.74) is 0. The summed E-state index contributed by atoms with van der Waals surface area (Å²) in [5, 5.41) is 0. The van der Waals surface area contributed by atoms with E-state index < -0.39 is 0 Å². The summed E-state index contributed by atoms with van der Waals surface area (Å²) in [4.78, 5) is 0. The standard InChI is InChI=1S/3H2O.Sr.Zr/h3*1H2;;/q;;;+2;/p-2. The first kappa shape index (κ1) is 56.1. The molecule has 0 atom stereocenters. The fourth-order valence-electron chi connectivity index (χ4n) is 0. The van der Waals surface area contributed by atoms with E-state index in [1.54, 1.807) is 0 Å². The van der Waals surface area contributed by atoms with E-state index in [1.807, 2.05) is 0 Å². The molecule has 0 saturated carbocycles. The summed E-state index contributed by atoms with van der Waals surface area (Å²) in [7, 11) is 0. The van der Waals surface area contributed by atoms with Gasteiger partial charge < -0.3 is 16.4 Å². The van der Waals surface area contributed by atoms with Crippen molar-refractivity contribution in [3.05, 3.63) is 0 Å². The van der Waals surface area contributed by atoms with Crippen LogP contribution in [0.5, 0.6) is 0 Å². The van der Waals surface area contributed by atoms with E-state index in [0.717, 1.165) is 0 Å². The van der Waals surface area contributed by atoms with Crippen LogP contribution >= 0.6 is 0 Å². The van der Waals surface area contributed by atoms with E-state index in [9.17, 15) is 0 Å². The first-order chi connectivity index (χ1) is 0. The monoisotopic (exact) mass is 230 g/mol. The van der Waals surface area contributed by atoms with Crippen molar-refractivity contribution in [2.45, 2.75) is 0 Å². The van der Waals surface area contributed by atoms with Gasteiger partial charge in [-0.2, -0.15) is 0 Å². The van der Waals surface area contributed by atoms with Crippen molar-refractivity contribution in [3.8, 4) is 0 Å². The van der Waals surface area contributed by atoms with Crippen molar-refractivity contribution in [1.29, 1.82) is 0 Å². The average Bonchev–Trinajstić information content (AvgIpc) is 0. The molecule has 0 heterocycles. The van der Waals surface area contributed by atoms with E-state index in [0.29, 0.717) is 0 Å². The molecule has 0 aliphatic carbocycles. The van der Waals surface area contributed by atoms with Gasteiger partial charge in [0.25, 0.3) is 0 Å². The van der Waals surface area contributed by atoms with Gasteiger partial charge in [-0.3, -0.25) is 0 Å². The van der Waals surface area contributed by atoms with Crippen LogP contribution in [0.15, 0.2) is 0 Å².